The number of allylic oxidation sites excluding steroid dienone is 2. The van der Waals surface area contributed by atoms with Crippen molar-refractivity contribution in [2.24, 2.45) is 0 Å². The van der Waals surface area contributed by atoms with E-state index in [9.17, 15) is 4.79 Å². The Kier molecular flexibility index (Phi) is 5.01. The number of anilines is 1. The Labute approximate surface area is 168 Å². The molecule has 6 heteroatoms. The summed E-state index contributed by atoms with van der Waals surface area (Å²) >= 11 is 6.74. The molecule has 0 atom stereocenters. The zero-order valence-electron chi connectivity index (χ0n) is 14.8. The van der Waals surface area contributed by atoms with Gasteiger partial charge in [0.25, 0.3) is 5.91 Å². The quantitative estimate of drug-likeness (QED) is 0.555. The lowest BCUT2D eigenvalue weighted by molar-refractivity contribution is -0.122. The van der Waals surface area contributed by atoms with E-state index in [1.54, 1.807) is 11.0 Å². The Morgan fingerprint density at radius 1 is 1.04 bits per heavy atom. The van der Waals surface area contributed by atoms with Crippen LogP contribution in [0.2, 0.25) is 0 Å². The molecule has 2 aromatic rings. The van der Waals surface area contributed by atoms with Crippen molar-refractivity contribution in [2.75, 3.05) is 11.4 Å². The molecule has 4 nitrogen and oxygen atoms in total. The lowest BCUT2D eigenvalue weighted by Crippen LogP contribution is -2.27. The molecule has 0 aromatic heterocycles. The van der Waals surface area contributed by atoms with Crippen molar-refractivity contribution >= 4 is 39.9 Å². The standard InChI is InChI=1S/C21H18N2O2S2/c1-2-22-16-10-6-7-11-17(16)25-19(22)13-12-18-20(24)23(21(26)27-18)14-15-8-4-3-5-9-15/h3-13H,2,14H2,1H3/b18-12-,19-13+. The highest BCUT2D eigenvalue weighted by Crippen LogP contribution is 2.39. The van der Waals surface area contributed by atoms with Crippen LogP contribution in [-0.4, -0.2) is 21.7 Å². The van der Waals surface area contributed by atoms with Crippen molar-refractivity contribution in [1.29, 1.82) is 0 Å². The number of ether oxygens (including phenoxy) is 1. The average Bonchev–Trinajstić information content (AvgIpc) is 3.18. The second kappa shape index (κ2) is 7.58. The number of thiocarbonyl (C=S) groups is 1. The molecular weight excluding hydrogens is 376 g/mol. The van der Waals surface area contributed by atoms with E-state index in [1.165, 1.54) is 11.8 Å². The molecule has 4 rings (SSSR count). The van der Waals surface area contributed by atoms with E-state index < -0.39 is 0 Å². The number of rotatable bonds is 4. The van der Waals surface area contributed by atoms with Crippen molar-refractivity contribution in [2.45, 2.75) is 13.5 Å². The molecule has 0 spiro atoms. The van der Waals surface area contributed by atoms with Crippen LogP contribution in [-0.2, 0) is 11.3 Å². The molecule has 0 bridgehead atoms. The van der Waals surface area contributed by atoms with Crippen LogP contribution in [0.25, 0.3) is 0 Å². The fourth-order valence-electron chi connectivity index (χ4n) is 3.07. The van der Waals surface area contributed by atoms with Crippen molar-refractivity contribution in [3.05, 3.63) is 83.1 Å². The van der Waals surface area contributed by atoms with Crippen molar-refractivity contribution in [3.63, 3.8) is 0 Å². The normalized spacial score (nSPS) is 19.1. The predicted molar refractivity (Wildman–Crippen MR) is 113 cm³/mol. The van der Waals surface area contributed by atoms with Crippen LogP contribution in [0.5, 0.6) is 5.75 Å². The minimum atomic E-state index is -0.0655. The third-order valence-electron chi connectivity index (χ3n) is 4.39. The molecule has 1 amide bonds. The molecule has 27 heavy (non-hydrogen) atoms. The van der Waals surface area contributed by atoms with E-state index in [-0.39, 0.29) is 5.91 Å². The van der Waals surface area contributed by atoms with Crippen LogP contribution in [0.4, 0.5) is 5.69 Å². The zero-order chi connectivity index (χ0) is 18.8. The summed E-state index contributed by atoms with van der Waals surface area (Å²) < 4.78 is 6.51. The number of thioether (sulfide) groups is 1. The average molecular weight is 395 g/mol. The third-order valence-corrected chi connectivity index (χ3v) is 5.78. The summed E-state index contributed by atoms with van der Waals surface area (Å²) in [5.41, 5.74) is 2.09. The summed E-state index contributed by atoms with van der Waals surface area (Å²) in [5, 5.41) is 0. The summed E-state index contributed by atoms with van der Waals surface area (Å²) in [6.07, 6.45) is 3.65. The second-order valence-electron chi connectivity index (χ2n) is 6.09. The zero-order valence-corrected chi connectivity index (χ0v) is 16.4. The molecule has 2 aliphatic heterocycles. The van der Waals surface area contributed by atoms with Gasteiger partial charge in [-0.1, -0.05) is 66.4 Å². The summed E-state index contributed by atoms with van der Waals surface area (Å²) in [4.78, 5) is 17.1. The summed E-state index contributed by atoms with van der Waals surface area (Å²) in [7, 11) is 0. The summed E-state index contributed by atoms with van der Waals surface area (Å²) in [5.74, 6) is 1.48. The lowest BCUT2D eigenvalue weighted by Gasteiger charge is -2.15. The maximum atomic E-state index is 12.8. The van der Waals surface area contributed by atoms with Gasteiger partial charge in [-0.15, -0.1) is 0 Å². The largest absolute Gasteiger partial charge is 0.439 e. The molecule has 2 aromatic carbocycles. The van der Waals surface area contributed by atoms with E-state index >= 15 is 0 Å². The van der Waals surface area contributed by atoms with Gasteiger partial charge in [0.1, 0.15) is 4.32 Å². The molecule has 0 aliphatic carbocycles. The molecule has 0 N–H and O–H groups in total. The van der Waals surface area contributed by atoms with Crippen LogP contribution in [0.3, 0.4) is 0 Å². The molecule has 1 saturated heterocycles. The van der Waals surface area contributed by atoms with Gasteiger partial charge in [0, 0.05) is 12.6 Å². The number of carbonyl (C=O) groups excluding carboxylic acids is 1. The first-order valence-corrected chi connectivity index (χ1v) is 9.94. The molecule has 2 aliphatic rings. The van der Waals surface area contributed by atoms with Gasteiger partial charge in [0.05, 0.1) is 17.1 Å². The Hall–Kier alpha value is -2.57. The highest BCUT2D eigenvalue weighted by molar-refractivity contribution is 8.26. The van der Waals surface area contributed by atoms with Crippen LogP contribution in [0.1, 0.15) is 12.5 Å². The first-order valence-electron chi connectivity index (χ1n) is 8.71. The van der Waals surface area contributed by atoms with Gasteiger partial charge in [0.2, 0.25) is 5.88 Å². The molecule has 0 unspecified atom stereocenters. The van der Waals surface area contributed by atoms with Crippen molar-refractivity contribution in [1.82, 2.24) is 4.90 Å². The van der Waals surface area contributed by atoms with E-state index in [2.05, 4.69) is 11.8 Å². The van der Waals surface area contributed by atoms with E-state index in [1.807, 2.05) is 60.7 Å². The van der Waals surface area contributed by atoms with Crippen molar-refractivity contribution in [3.8, 4) is 5.75 Å². The Balaban J connectivity index is 1.54. The van der Waals surface area contributed by atoms with Crippen LogP contribution in [0.15, 0.2) is 77.5 Å². The maximum Gasteiger partial charge on any atom is 0.266 e. The van der Waals surface area contributed by atoms with Gasteiger partial charge < -0.3 is 9.64 Å². The molecule has 0 radical (unpaired) electrons. The monoisotopic (exact) mass is 394 g/mol. The van der Waals surface area contributed by atoms with Gasteiger partial charge in [-0.2, -0.15) is 0 Å². The van der Waals surface area contributed by atoms with Gasteiger partial charge in [-0.25, -0.2) is 0 Å². The number of hydrogen-bond acceptors (Lipinski definition) is 5. The first-order chi connectivity index (χ1) is 13.2. The molecular formula is C21H18N2O2S2. The summed E-state index contributed by atoms with van der Waals surface area (Å²) in [6.45, 7) is 3.34. The van der Waals surface area contributed by atoms with E-state index in [4.69, 9.17) is 17.0 Å². The third kappa shape index (κ3) is 3.50. The topological polar surface area (TPSA) is 32.8 Å². The smallest absolute Gasteiger partial charge is 0.266 e. The van der Waals surface area contributed by atoms with Crippen LogP contribution < -0.4 is 9.64 Å². The molecule has 2 heterocycles. The minimum absolute atomic E-state index is 0.0655. The number of fused-ring (bicyclic) bond motifs is 1. The molecule has 0 saturated carbocycles. The summed E-state index contributed by atoms with van der Waals surface area (Å²) in [6, 6.07) is 17.8. The Morgan fingerprint density at radius 2 is 1.78 bits per heavy atom. The number of nitrogens with zero attached hydrogens (tertiary/aromatic N) is 2. The Bertz CT molecular complexity index is 954. The van der Waals surface area contributed by atoms with Gasteiger partial charge in [-0.3, -0.25) is 9.69 Å². The maximum absolute atomic E-state index is 12.8. The van der Waals surface area contributed by atoms with Crippen LogP contribution >= 0.6 is 24.0 Å². The first kappa shape index (κ1) is 17.8. The Morgan fingerprint density at radius 3 is 2.56 bits per heavy atom. The van der Waals surface area contributed by atoms with Crippen LogP contribution in [0, 0.1) is 0 Å². The number of amides is 1. The molecule has 1 fully saturated rings. The van der Waals surface area contributed by atoms with Crippen molar-refractivity contribution < 1.29 is 9.53 Å². The van der Waals surface area contributed by atoms with E-state index in [0.717, 1.165) is 23.5 Å². The van der Waals surface area contributed by atoms with Gasteiger partial charge >= 0.3 is 0 Å². The van der Waals surface area contributed by atoms with Gasteiger partial charge in [0.15, 0.2) is 5.75 Å². The predicted octanol–water partition coefficient (Wildman–Crippen LogP) is 4.69. The number of carbonyl (C=O) groups is 1. The second-order valence-corrected chi connectivity index (χ2v) is 7.77. The minimum Gasteiger partial charge on any atom is -0.439 e. The molecule has 136 valence electrons. The fraction of sp³-hybridized carbons (Fsp3) is 0.143. The fourth-order valence-corrected chi connectivity index (χ4v) is 4.26. The number of hydrogen-bond donors (Lipinski definition) is 0. The van der Waals surface area contributed by atoms with E-state index in [0.29, 0.717) is 21.7 Å². The SMILES string of the molecule is CCN1/C(=C\C=C2/SC(=S)N(Cc3ccccc3)C2=O)Oc2ccccc21. The lowest BCUT2D eigenvalue weighted by atomic mass is 10.2. The number of para-hydroxylation sites is 2. The van der Waals surface area contributed by atoms with Gasteiger partial charge in [-0.05, 0) is 30.7 Å². The highest BCUT2D eigenvalue weighted by Gasteiger charge is 2.32. The number of benzene rings is 2. The highest BCUT2D eigenvalue weighted by atomic mass is 32.2.